The fraction of sp³-hybridized carbons (Fsp3) is 0.261. The molecule has 35 heavy (non-hydrogen) atoms. The summed E-state index contributed by atoms with van der Waals surface area (Å²) in [6, 6.07) is 7.29. The number of carbonyl (C=O) groups is 1. The molecule has 3 aromatic rings. The quantitative estimate of drug-likeness (QED) is 0.513. The van der Waals surface area contributed by atoms with Gasteiger partial charge in [0, 0.05) is 31.0 Å². The molecule has 0 radical (unpaired) electrons. The topological polar surface area (TPSA) is 92.3 Å². The van der Waals surface area contributed by atoms with E-state index in [1.807, 2.05) is 0 Å². The van der Waals surface area contributed by atoms with Gasteiger partial charge in [0.1, 0.15) is 12.1 Å². The SMILES string of the molecule is O=C(Nc1cc(C(F)(F)F)ccc1F)N1CCC(S(=O)(=O)c2ccc(-c3cncnc3)cc2)CC1. The summed E-state index contributed by atoms with van der Waals surface area (Å²) in [6.07, 6.45) is 0.202. The van der Waals surface area contributed by atoms with E-state index in [2.05, 4.69) is 15.3 Å². The summed E-state index contributed by atoms with van der Waals surface area (Å²) in [4.78, 5) is 21.8. The fourth-order valence-electron chi connectivity index (χ4n) is 3.84. The molecule has 0 aliphatic carbocycles. The lowest BCUT2D eigenvalue weighted by atomic mass is 10.1. The van der Waals surface area contributed by atoms with Gasteiger partial charge in [0.05, 0.1) is 21.4 Å². The summed E-state index contributed by atoms with van der Waals surface area (Å²) < 4.78 is 78.8. The van der Waals surface area contributed by atoms with Gasteiger partial charge in [-0.2, -0.15) is 13.2 Å². The number of rotatable bonds is 4. The second-order valence-electron chi connectivity index (χ2n) is 8.01. The number of nitrogens with zero attached hydrogens (tertiary/aromatic N) is 3. The molecule has 2 heterocycles. The first-order valence-electron chi connectivity index (χ1n) is 10.6. The summed E-state index contributed by atoms with van der Waals surface area (Å²) in [5.74, 6) is -1.01. The molecule has 1 aliphatic rings. The maximum absolute atomic E-state index is 13.9. The van der Waals surface area contributed by atoms with Crippen LogP contribution in [0.1, 0.15) is 18.4 Å². The number of alkyl halides is 3. The van der Waals surface area contributed by atoms with E-state index in [0.717, 1.165) is 11.1 Å². The highest BCUT2D eigenvalue weighted by Gasteiger charge is 2.34. The van der Waals surface area contributed by atoms with Gasteiger partial charge in [0.15, 0.2) is 9.84 Å². The number of hydrogen-bond acceptors (Lipinski definition) is 5. The molecule has 1 saturated heterocycles. The lowest BCUT2D eigenvalue weighted by Crippen LogP contribution is -2.44. The van der Waals surface area contributed by atoms with Crippen molar-refractivity contribution < 1.29 is 30.8 Å². The first-order chi connectivity index (χ1) is 16.6. The number of likely N-dealkylation sites (tertiary alicyclic amines) is 1. The van der Waals surface area contributed by atoms with Crippen molar-refractivity contribution in [2.75, 3.05) is 18.4 Å². The van der Waals surface area contributed by atoms with Crippen LogP contribution < -0.4 is 5.32 Å². The number of carbonyl (C=O) groups excluding carboxylic acids is 1. The van der Waals surface area contributed by atoms with E-state index in [1.165, 1.54) is 23.4 Å². The minimum atomic E-state index is -4.69. The Labute approximate surface area is 198 Å². The number of anilines is 1. The van der Waals surface area contributed by atoms with E-state index >= 15 is 0 Å². The van der Waals surface area contributed by atoms with Crippen LogP contribution in [0.4, 0.5) is 28.0 Å². The highest BCUT2D eigenvalue weighted by Crippen LogP contribution is 2.32. The zero-order chi connectivity index (χ0) is 25.2. The molecule has 2 aromatic carbocycles. The number of benzene rings is 2. The number of urea groups is 1. The summed E-state index contributed by atoms with van der Waals surface area (Å²) >= 11 is 0. The van der Waals surface area contributed by atoms with Crippen LogP contribution in [0.15, 0.2) is 66.1 Å². The number of amides is 2. The Morgan fingerprint density at radius 2 is 1.60 bits per heavy atom. The van der Waals surface area contributed by atoms with Crippen molar-refractivity contribution in [3.63, 3.8) is 0 Å². The summed E-state index contributed by atoms with van der Waals surface area (Å²) in [5.41, 5.74) is -0.181. The smallest absolute Gasteiger partial charge is 0.324 e. The lowest BCUT2D eigenvalue weighted by Gasteiger charge is -2.31. The Hall–Kier alpha value is -3.54. The third-order valence-electron chi connectivity index (χ3n) is 5.78. The third-order valence-corrected chi connectivity index (χ3v) is 8.06. The van der Waals surface area contributed by atoms with Gasteiger partial charge >= 0.3 is 12.2 Å². The zero-order valence-corrected chi connectivity index (χ0v) is 19.0. The molecular formula is C23H20F4N4O3S. The second-order valence-corrected chi connectivity index (χ2v) is 10.2. The average molecular weight is 508 g/mol. The largest absolute Gasteiger partial charge is 0.416 e. The third kappa shape index (κ3) is 5.42. The van der Waals surface area contributed by atoms with E-state index in [0.29, 0.717) is 18.2 Å². The highest BCUT2D eigenvalue weighted by atomic mass is 32.2. The second kappa shape index (κ2) is 9.61. The van der Waals surface area contributed by atoms with E-state index in [1.54, 1.807) is 24.5 Å². The molecule has 0 unspecified atom stereocenters. The molecule has 12 heteroatoms. The molecule has 184 valence electrons. The highest BCUT2D eigenvalue weighted by molar-refractivity contribution is 7.92. The maximum atomic E-state index is 13.9. The number of hydrogen-bond donors (Lipinski definition) is 1. The van der Waals surface area contributed by atoms with Crippen LogP contribution in [-0.2, 0) is 16.0 Å². The maximum Gasteiger partial charge on any atom is 0.416 e. The van der Waals surface area contributed by atoms with Crippen LogP contribution >= 0.6 is 0 Å². The number of piperidine rings is 1. The Morgan fingerprint density at radius 1 is 0.971 bits per heavy atom. The molecule has 2 amide bonds. The van der Waals surface area contributed by atoms with Gasteiger partial charge in [-0.1, -0.05) is 12.1 Å². The van der Waals surface area contributed by atoms with Crippen LogP contribution in [-0.4, -0.2) is 47.7 Å². The van der Waals surface area contributed by atoms with E-state index in [-0.39, 0.29) is 30.8 Å². The molecule has 1 aromatic heterocycles. The monoisotopic (exact) mass is 508 g/mol. The van der Waals surface area contributed by atoms with Gasteiger partial charge in [-0.25, -0.2) is 27.6 Å². The molecule has 0 spiro atoms. The van der Waals surface area contributed by atoms with E-state index in [4.69, 9.17) is 0 Å². The Bertz CT molecular complexity index is 1310. The normalized spacial score (nSPS) is 15.1. The van der Waals surface area contributed by atoms with Gasteiger partial charge in [-0.15, -0.1) is 0 Å². The predicted octanol–water partition coefficient (Wildman–Crippen LogP) is 4.77. The van der Waals surface area contributed by atoms with Crippen LogP contribution in [0.5, 0.6) is 0 Å². The van der Waals surface area contributed by atoms with E-state index in [9.17, 15) is 30.8 Å². The number of aromatic nitrogens is 2. The Morgan fingerprint density at radius 3 is 2.20 bits per heavy atom. The Balaban J connectivity index is 1.40. The number of halogens is 4. The van der Waals surface area contributed by atoms with Crippen molar-refractivity contribution >= 4 is 21.6 Å². The summed E-state index contributed by atoms with van der Waals surface area (Å²) in [5, 5.41) is 1.42. The van der Waals surface area contributed by atoms with Crippen molar-refractivity contribution in [1.29, 1.82) is 0 Å². The van der Waals surface area contributed by atoms with Crippen LogP contribution in [0.25, 0.3) is 11.1 Å². The molecule has 1 aliphatic heterocycles. The van der Waals surface area contributed by atoms with Crippen molar-refractivity contribution in [1.82, 2.24) is 14.9 Å². The van der Waals surface area contributed by atoms with E-state index < -0.39 is 44.4 Å². The minimum absolute atomic E-state index is 0.0513. The summed E-state index contributed by atoms with van der Waals surface area (Å²) in [6.45, 7) is 0.103. The predicted molar refractivity (Wildman–Crippen MR) is 120 cm³/mol. The number of sulfone groups is 1. The van der Waals surface area contributed by atoms with Crippen LogP contribution in [0.3, 0.4) is 0 Å². The lowest BCUT2D eigenvalue weighted by molar-refractivity contribution is -0.137. The molecular weight excluding hydrogens is 488 g/mol. The van der Waals surface area contributed by atoms with Gasteiger partial charge in [-0.3, -0.25) is 0 Å². The van der Waals surface area contributed by atoms with Crippen molar-refractivity contribution in [3.8, 4) is 11.1 Å². The summed E-state index contributed by atoms with van der Waals surface area (Å²) in [7, 11) is -3.67. The van der Waals surface area contributed by atoms with Crippen LogP contribution in [0.2, 0.25) is 0 Å². The van der Waals surface area contributed by atoms with Gasteiger partial charge in [0.2, 0.25) is 0 Å². The Kier molecular flexibility index (Phi) is 6.75. The average Bonchev–Trinajstić information content (AvgIpc) is 2.85. The minimum Gasteiger partial charge on any atom is -0.324 e. The molecule has 1 fully saturated rings. The van der Waals surface area contributed by atoms with Crippen molar-refractivity contribution in [3.05, 3.63) is 72.6 Å². The first-order valence-corrected chi connectivity index (χ1v) is 12.1. The molecule has 4 rings (SSSR count). The van der Waals surface area contributed by atoms with Crippen molar-refractivity contribution in [2.24, 2.45) is 0 Å². The zero-order valence-electron chi connectivity index (χ0n) is 18.2. The van der Waals surface area contributed by atoms with Gasteiger partial charge < -0.3 is 10.2 Å². The molecule has 7 nitrogen and oxygen atoms in total. The van der Waals surface area contributed by atoms with Crippen LogP contribution in [0, 0.1) is 5.82 Å². The van der Waals surface area contributed by atoms with Gasteiger partial charge in [0.25, 0.3) is 0 Å². The van der Waals surface area contributed by atoms with Gasteiger partial charge in [-0.05, 0) is 48.7 Å². The fourth-order valence-corrected chi connectivity index (χ4v) is 5.57. The molecule has 0 bridgehead atoms. The first kappa shape index (κ1) is 24.6. The molecule has 0 atom stereocenters. The molecule has 0 saturated carbocycles. The number of nitrogens with one attached hydrogen (secondary N) is 1. The molecule has 1 N–H and O–H groups in total. The standard InChI is InChI=1S/C23H20F4N4O3S/c24-20-6-3-17(23(25,26)27)11-21(20)30-22(32)31-9-7-19(8-10-31)35(33,34)18-4-1-15(2-5-18)16-12-28-14-29-13-16/h1-6,11-14,19H,7-10H2,(H,30,32). The van der Waals surface area contributed by atoms with Crippen molar-refractivity contribution in [2.45, 2.75) is 29.2 Å².